The van der Waals surface area contributed by atoms with E-state index in [0.29, 0.717) is 12.3 Å². The van der Waals surface area contributed by atoms with Gasteiger partial charge >= 0.3 is 0 Å². The van der Waals surface area contributed by atoms with Gasteiger partial charge in [0.1, 0.15) is 0 Å². The van der Waals surface area contributed by atoms with Gasteiger partial charge in [-0.3, -0.25) is 0 Å². The number of aromatic hydroxyl groups is 1. The van der Waals surface area contributed by atoms with E-state index in [-0.39, 0.29) is 17.9 Å². The first-order valence-corrected chi connectivity index (χ1v) is 5.41. The van der Waals surface area contributed by atoms with Gasteiger partial charge in [-0.25, -0.2) is 0 Å². The standard InChI is InChI=1S/C12H17NO3/c1-16-10-4-2-3-9(11(10)15)7-13-12(8-14)5-6-12/h2-4,13-15H,5-8H2,1H3. The van der Waals surface area contributed by atoms with Crippen LogP contribution in [0.25, 0.3) is 0 Å². The maximum absolute atomic E-state index is 9.85. The Balaban J connectivity index is 2.04. The van der Waals surface area contributed by atoms with Crippen LogP contribution in [0.3, 0.4) is 0 Å². The molecule has 0 aliphatic heterocycles. The summed E-state index contributed by atoms with van der Waals surface area (Å²) >= 11 is 0. The predicted molar refractivity (Wildman–Crippen MR) is 60.5 cm³/mol. The van der Waals surface area contributed by atoms with Gasteiger partial charge in [-0.05, 0) is 18.9 Å². The second-order valence-electron chi connectivity index (χ2n) is 4.26. The van der Waals surface area contributed by atoms with E-state index in [1.807, 2.05) is 12.1 Å². The molecule has 1 aromatic rings. The molecule has 0 bridgehead atoms. The normalized spacial score (nSPS) is 17.1. The van der Waals surface area contributed by atoms with Crippen molar-refractivity contribution in [2.45, 2.75) is 24.9 Å². The Morgan fingerprint density at radius 1 is 1.44 bits per heavy atom. The Labute approximate surface area is 94.9 Å². The predicted octanol–water partition coefficient (Wildman–Crippen LogP) is 1.02. The Kier molecular flexibility index (Phi) is 3.03. The summed E-state index contributed by atoms with van der Waals surface area (Å²) in [7, 11) is 1.53. The summed E-state index contributed by atoms with van der Waals surface area (Å²) in [6.45, 7) is 0.696. The molecule has 0 heterocycles. The zero-order chi connectivity index (χ0) is 11.6. The highest BCUT2D eigenvalue weighted by Gasteiger charge is 2.41. The number of ether oxygens (including phenoxy) is 1. The lowest BCUT2D eigenvalue weighted by molar-refractivity contribution is 0.229. The van der Waals surface area contributed by atoms with E-state index in [1.54, 1.807) is 6.07 Å². The summed E-state index contributed by atoms with van der Waals surface area (Å²) in [5, 5.41) is 22.3. The number of para-hydroxylation sites is 1. The molecular formula is C12H17NO3. The van der Waals surface area contributed by atoms with Crippen molar-refractivity contribution in [3.8, 4) is 11.5 Å². The molecule has 3 N–H and O–H groups in total. The molecule has 1 aromatic carbocycles. The van der Waals surface area contributed by atoms with Crippen LogP contribution in [-0.2, 0) is 6.54 Å². The maximum atomic E-state index is 9.85. The van der Waals surface area contributed by atoms with Gasteiger partial charge in [-0.1, -0.05) is 12.1 Å². The van der Waals surface area contributed by atoms with Gasteiger partial charge in [0.2, 0.25) is 0 Å². The molecule has 0 spiro atoms. The van der Waals surface area contributed by atoms with Gasteiger partial charge in [0, 0.05) is 17.6 Å². The van der Waals surface area contributed by atoms with Crippen LogP contribution < -0.4 is 10.1 Å². The van der Waals surface area contributed by atoms with E-state index in [2.05, 4.69) is 5.32 Å². The van der Waals surface area contributed by atoms with Gasteiger partial charge in [0.15, 0.2) is 11.5 Å². The first-order chi connectivity index (χ1) is 7.71. The van der Waals surface area contributed by atoms with Crippen LogP contribution in [-0.4, -0.2) is 29.5 Å². The minimum absolute atomic E-state index is 0.116. The molecule has 4 nitrogen and oxygen atoms in total. The Hall–Kier alpha value is -1.26. The summed E-state index contributed by atoms with van der Waals surface area (Å²) in [6.07, 6.45) is 1.99. The molecule has 16 heavy (non-hydrogen) atoms. The summed E-state index contributed by atoms with van der Waals surface area (Å²) < 4.78 is 5.03. The number of aliphatic hydroxyl groups is 1. The molecule has 1 fully saturated rings. The maximum Gasteiger partial charge on any atom is 0.162 e. The molecule has 1 aliphatic carbocycles. The minimum Gasteiger partial charge on any atom is -0.504 e. The largest absolute Gasteiger partial charge is 0.504 e. The molecular weight excluding hydrogens is 206 g/mol. The number of phenolic OH excluding ortho intramolecular Hbond substituents is 1. The quantitative estimate of drug-likeness (QED) is 0.697. The number of hydrogen-bond acceptors (Lipinski definition) is 4. The number of benzene rings is 1. The van der Waals surface area contributed by atoms with Crippen LogP contribution in [0.4, 0.5) is 0 Å². The van der Waals surface area contributed by atoms with Crippen molar-refractivity contribution in [2.75, 3.05) is 13.7 Å². The van der Waals surface area contributed by atoms with E-state index in [4.69, 9.17) is 9.84 Å². The van der Waals surface area contributed by atoms with Crippen LogP contribution in [0.2, 0.25) is 0 Å². The van der Waals surface area contributed by atoms with Gasteiger partial charge < -0.3 is 20.3 Å². The molecule has 0 atom stereocenters. The van der Waals surface area contributed by atoms with Crippen LogP contribution in [0.5, 0.6) is 11.5 Å². The molecule has 1 aliphatic rings. The highest BCUT2D eigenvalue weighted by atomic mass is 16.5. The van der Waals surface area contributed by atoms with Gasteiger partial charge in [0.05, 0.1) is 13.7 Å². The second kappa shape index (κ2) is 4.31. The number of hydrogen-bond donors (Lipinski definition) is 3. The molecule has 0 unspecified atom stereocenters. The number of methoxy groups -OCH3 is 1. The summed E-state index contributed by atoms with van der Waals surface area (Å²) in [4.78, 5) is 0. The first-order valence-electron chi connectivity index (χ1n) is 5.41. The van der Waals surface area contributed by atoms with E-state index in [1.165, 1.54) is 7.11 Å². The van der Waals surface area contributed by atoms with E-state index in [9.17, 15) is 5.11 Å². The van der Waals surface area contributed by atoms with E-state index < -0.39 is 0 Å². The van der Waals surface area contributed by atoms with Crippen molar-refractivity contribution in [1.82, 2.24) is 5.32 Å². The number of nitrogens with one attached hydrogen (secondary N) is 1. The average Bonchev–Trinajstić information content (AvgIpc) is 3.08. The SMILES string of the molecule is COc1cccc(CNC2(CO)CC2)c1O. The molecule has 88 valence electrons. The minimum atomic E-state index is -0.116. The fourth-order valence-electron chi connectivity index (χ4n) is 1.70. The highest BCUT2D eigenvalue weighted by molar-refractivity contribution is 5.45. The molecule has 0 aromatic heterocycles. The van der Waals surface area contributed by atoms with Gasteiger partial charge in [-0.15, -0.1) is 0 Å². The fourth-order valence-corrected chi connectivity index (χ4v) is 1.70. The number of rotatable bonds is 5. The third-order valence-corrected chi connectivity index (χ3v) is 3.11. The molecule has 4 heteroatoms. The van der Waals surface area contributed by atoms with Crippen LogP contribution in [0.15, 0.2) is 18.2 Å². The molecule has 0 saturated heterocycles. The lowest BCUT2D eigenvalue weighted by atomic mass is 10.1. The van der Waals surface area contributed by atoms with E-state index >= 15 is 0 Å². The molecule has 1 saturated carbocycles. The zero-order valence-corrected chi connectivity index (χ0v) is 9.36. The summed E-state index contributed by atoms with van der Waals surface area (Å²) in [5.74, 6) is 0.652. The smallest absolute Gasteiger partial charge is 0.162 e. The lowest BCUT2D eigenvalue weighted by Crippen LogP contribution is -2.34. The average molecular weight is 223 g/mol. The topological polar surface area (TPSA) is 61.7 Å². The fraction of sp³-hybridized carbons (Fsp3) is 0.500. The second-order valence-corrected chi connectivity index (χ2v) is 4.26. The van der Waals surface area contributed by atoms with Gasteiger partial charge in [-0.2, -0.15) is 0 Å². The molecule has 0 radical (unpaired) electrons. The van der Waals surface area contributed by atoms with Crippen molar-refractivity contribution in [2.24, 2.45) is 0 Å². The van der Waals surface area contributed by atoms with E-state index in [0.717, 1.165) is 18.4 Å². The molecule has 0 amide bonds. The van der Waals surface area contributed by atoms with Crippen molar-refractivity contribution < 1.29 is 14.9 Å². The zero-order valence-electron chi connectivity index (χ0n) is 9.36. The Bertz CT molecular complexity index is 375. The first kappa shape index (κ1) is 11.2. The Morgan fingerprint density at radius 2 is 2.19 bits per heavy atom. The van der Waals surface area contributed by atoms with Crippen molar-refractivity contribution in [1.29, 1.82) is 0 Å². The summed E-state index contributed by atoms with van der Waals surface area (Å²) in [6, 6.07) is 5.41. The Morgan fingerprint density at radius 3 is 2.75 bits per heavy atom. The van der Waals surface area contributed by atoms with Crippen molar-refractivity contribution in [3.05, 3.63) is 23.8 Å². The lowest BCUT2D eigenvalue weighted by Gasteiger charge is -2.15. The highest BCUT2D eigenvalue weighted by Crippen LogP contribution is 2.36. The van der Waals surface area contributed by atoms with Crippen LogP contribution >= 0.6 is 0 Å². The van der Waals surface area contributed by atoms with Gasteiger partial charge in [0.25, 0.3) is 0 Å². The third kappa shape index (κ3) is 2.13. The van der Waals surface area contributed by atoms with Crippen LogP contribution in [0.1, 0.15) is 18.4 Å². The van der Waals surface area contributed by atoms with Crippen molar-refractivity contribution >= 4 is 0 Å². The number of phenols is 1. The van der Waals surface area contributed by atoms with Crippen molar-refractivity contribution in [3.63, 3.8) is 0 Å². The number of aliphatic hydroxyl groups excluding tert-OH is 1. The monoisotopic (exact) mass is 223 g/mol. The van der Waals surface area contributed by atoms with Crippen LogP contribution in [0, 0.1) is 0 Å². The summed E-state index contributed by atoms with van der Waals surface area (Å²) in [5.41, 5.74) is 0.675. The molecule has 2 rings (SSSR count). The third-order valence-electron chi connectivity index (χ3n) is 3.11.